The van der Waals surface area contributed by atoms with Gasteiger partial charge in [-0.3, -0.25) is 4.79 Å². The lowest BCUT2D eigenvalue weighted by Crippen LogP contribution is -2.35. The zero-order chi connectivity index (χ0) is 15.2. The summed E-state index contributed by atoms with van der Waals surface area (Å²) in [6.07, 6.45) is 4.20. The van der Waals surface area contributed by atoms with Crippen molar-refractivity contribution in [3.8, 4) is 11.5 Å². The van der Waals surface area contributed by atoms with E-state index in [1.807, 2.05) is 0 Å². The van der Waals surface area contributed by atoms with Crippen molar-refractivity contribution in [3.63, 3.8) is 0 Å². The summed E-state index contributed by atoms with van der Waals surface area (Å²) in [4.78, 5) is 12.5. The van der Waals surface area contributed by atoms with Gasteiger partial charge in [0.1, 0.15) is 11.5 Å². The number of amides is 1. The van der Waals surface area contributed by atoms with Crippen molar-refractivity contribution in [3.05, 3.63) is 18.2 Å². The van der Waals surface area contributed by atoms with Gasteiger partial charge in [0.05, 0.1) is 19.9 Å². The number of methoxy groups -OCH3 is 2. The van der Waals surface area contributed by atoms with E-state index >= 15 is 0 Å². The van der Waals surface area contributed by atoms with Gasteiger partial charge in [-0.25, -0.2) is 0 Å². The molecule has 1 aromatic rings. The Morgan fingerprint density at radius 2 is 2.05 bits per heavy atom. The van der Waals surface area contributed by atoms with Crippen molar-refractivity contribution in [1.82, 2.24) is 0 Å². The van der Waals surface area contributed by atoms with Crippen LogP contribution in [0.3, 0.4) is 0 Å². The van der Waals surface area contributed by atoms with Crippen LogP contribution in [-0.4, -0.2) is 26.7 Å². The van der Waals surface area contributed by atoms with Gasteiger partial charge in [-0.2, -0.15) is 0 Å². The number of hydrogen-bond donors (Lipinski definition) is 2. The fourth-order valence-corrected chi connectivity index (χ4v) is 2.96. The third-order valence-electron chi connectivity index (χ3n) is 4.22. The highest BCUT2D eigenvalue weighted by Crippen LogP contribution is 2.33. The summed E-state index contributed by atoms with van der Waals surface area (Å²) in [7, 11) is 3.18. The summed E-state index contributed by atoms with van der Waals surface area (Å²) in [6, 6.07) is 5.37. The van der Waals surface area contributed by atoms with E-state index < -0.39 is 0 Å². The van der Waals surface area contributed by atoms with E-state index in [1.54, 1.807) is 32.4 Å². The molecule has 0 aliphatic heterocycles. The molecule has 2 atom stereocenters. The highest BCUT2D eigenvalue weighted by atomic mass is 16.5. The lowest BCUT2D eigenvalue weighted by atomic mass is 9.78. The van der Waals surface area contributed by atoms with E-state index in [0.29, 0.717) is 23.7 Å². The Kier molecular flexibility index (Phi) is 5.44. The lowest BCUT2D eigenvalue weighted by molar-refractivity contribution is -0.122. The number of carbonyl (C=O) groups is 1. The van der Waals surface area contributed by atoms with Gasteiger partial charge in [0.15, 0.2) is 0 Å². The Labute approximate surface area is 125 Å². The maximum Gasteiger partial charge on any atom is 0.227 e. The number of benzene rings is 1. The Balaban J connectivity index is 2.11. The molecule has 0 aromatic heterocycles. The van der Waals surface area contributed by atoms with Crippen LogP contribution in [0.25, 0.3) is 0 Å². The molecule has 3 N–H and O–H groups in total. The summed E-state index contributed by atoms with van der Waals surface area (Å²) >= 11 is 0. The van der Waals surface area contributed by atoms with E-state index in [1.165, 1.54) is 0 Å². The molecule has 1 amide bonds. The van der Waals surface area contributed by atoms with Crippen LogP contribution in [0, 0.1) is 11.8 Å². The van der Waals surface area contributed by atoms with E-state index in [2.05, 4.69) is 5.32 Å². The fourth-order valence-electron chi connectivity index (χ4n) is 2.96. The lowest BCUT2D eigenvalue weighted by Gasteiger charge is -2.29. The van der Waals surface area contributed by atoms with E-state index in [4.69, 9.17) is 15.2 Å². The molecule has 116 valence electrons. The van der Waals surface area contributed by atoms with Gasteiger partial charge in [-0.1, -0.05) is 12.8 Å². The molecule has 5 nitrogen and oxygen atoms in total. The minimum Gasteiger partial charge on any atom is -0.497 e. The number of carbonyl (C=O) groups excluding carboxylic acids is 1. The summed E-state index contributed by atoms with van der Waals surface area (Å²) in [5, 5.41) is 2.97. The van der Waals surface area contributed by atoms with Gasteiger partial charge < -0.3 is 20.5 Å². The molecule has 1 aliphatic rings. The molecule has 0 saturated heterocycles. The minimum atomic E-state index is -0.00411. The standard InChI is InChI=1S/C16H24N2O3/c1-20-12-7-8-14(15(9-12)21-2)18-16(19)13-6-4-3-5-11(13)10-17/h7-9,11,13H,3-6,10,17H2,1-2H3,(H,18,19). The first-order valence-corrected chi connectivity index (χ1v) is 7.42. The molecule has 5 heteroatoms. The van der Waals surface area contributed by atoms with E-state index in [0.717, 1.165) is 25.7 Å². The second-order valence-corrected chi connectivity index (χ2v) is 5.44. The average molecular weight is 292 g/mol. The second-order valence-electron chi connectivity index (χ2n) is 5.44. The smallest absolute Gasteiger partial charge is 0.227 e. The molecule has 0 radical (unpaired) electrons. The van der Waals surface area contributed by atoms with Crippen LogP contribution in [0.1, 0.15) is 25.7 Å². The molecule has 1 aromatic carbocycles. The number of nitrogens with two attached hydrogens (primary N) is 1. The summed E-state index contributed by atoms with van der Waals surface area (Å²) in [5.74, 6) is 1.61. The van der Waals surface area contributed by atoms with Crippen molar-refractivity contribution in [2.45, 2.75) is 25.7 Å². The van der Waals surface area contributed by atoms with Crippen molar-refractivity contribution in [2.75, 3.05) is 26.1 Å². The summed E-state index contributed by atoms with van der Waals surface area (Å²) in [5.41, 5.74) is 6.47. The molecule has 0 spiro atoms. The number of hydrogen-bond acceptors (Lipinski definition) is 4. The molecule has 1 saturated carbocycles. The molecule has 0 bridgehead atoms. The largest absolute Gasteiger partial charge is 0.497 e. The molecule has 0 heterocycles. The zero-order valence-corrected chi connectivity index (χ0v) is 12.7. The Bertz CT molecular complexity index is 490. The van der Waals surface area contributed by atoms with Gasteiger partial charge in [0.25, 0.3) is 0 Å². The monoisotopic (exact) mass is 292 g/mol. The number of ether oxygens (including phenoxy) is 2. The minimum absolute atomic E-state index is 0.00411. The van der Waals surface area contributed by atoms with Gasteiger partial charge in [-0.15, -0.1) is 0 Å². The predicted octanol–water partition coefficient (Wildman–Crippen LogP) is 2.41. The van der Waals surface area contributed by atoms with Crippen molar-refractivity contribution in [2.24, 2.45) is 17.6 Å². The number of nitrogens with one attached hydrogen (secondary N) is 1. The summed E-state index contributed by atoms with van der Waals surface area (Å²) < 4.78 is 10.5. The SMILES string of the molecule is COc1ccc(NC(=O)C2CCCCC2CN)c(OC)c1. The third-order valence-corrected chi connectivity index (χ3v) is 4.22. The van der Waals surface area contributed by atoms with Crippen LogP contribution in [0.2, 0.25) is 0 Å². The Morgan fingerprint density at radius 1 is 1.29 bits per heavy atom. The normalized spacial score (nSPS) is 21.7. The van der Waals surface area contributed by atoms with Crippen LogP contribution in [-0.2, 0) is 4.79 Å². The van der Waals surface area contributed by atoms with Crippen LogP contribution < -0.4 is 20.5 Å². The van der Waals surface area contributed by atoms with Crippen LogP contribution in [0.5, 0.6) is 11.5 Å². The van der Waals surface area contributed by atoms with Gasteiger partial charge in [0.2, 0.25) is 5.91 Å². The molecule has 2 rings (SSSR count). The van der Waals surface area contributed by atoms with Gasteiger partial charge in [0, 0.05) is 12.0 Å². The molecule has 1 aliphatic carbocycles. The number of rotatable bonds is 5. The first kappa shape index (κ1) is 15.6. The highest BCUT2D eigenvalue weighted by molar-refractivity contribution is 5.94. The van der Waals surface area contributed by atoms with Gasteiger partial charge >= 0.3 is 0 Å². The van der Waals surface area contributed by atoms with Crippen LogP contribution in [0.4, 0.5) is 5.69 Å². The van der Waals surface area contributed by atoms with E-state index in [-0.39, 0.29) is 17.7 Å². The molecule has 1 fully saturated rings. The zero-order valence-electron chi connectivity index (χ0n) is 12.7. The second kappa shape index (κ2) is 7.31. The Hall–Kier alpha value is -1.75. The van der Waals surface area contributed by atoms with Crippen LogP contribution >= 0.6 is 0 Å². The molecular weight excluding hydrogens is 268 g/mol. The van der Waals surface area contributed by atoms with Gasteiger partial charge in [-0.05, 0) is 37.4 Å². The average Bonchev–Trinajstić information content (AvgIpc) is 2.55. The maximum atomic E-state index is 12.5. The quantitative estimate of drug-likeness (QED) is 0.874. The van der Waals surface area contributed by atoms with Crippen molar-refractivity contribution < 1.29 is 14.3 Å². The number of anilines is 1. The topological polar surface area (TPSA) is 73.6 Å². The predicted molar refractivity (Wildman–Crippen MR) is 82.7 cm³/mol. The maximum absolute atomic E-state index is 12.5. The highest BCUT2D eigenvalue weighted by Gasteiger charge is 2.30. The van der Waals surface area contributed by atoms with Crippen LogP contribution in [0.15, 0.2) is 18.2 Å². The summed E-state index contributed by atoms with van der Waals surface area (Å²) in [6.45, 7) is 0.567. The molecule has 2 unspecified atom stereocenters. The Morgan fingerprint density at radius 3 is 2.71 bits per heavy atom. The first-order chi connectivity index (χ1) is 10.2. The molecular formula is C16H24N2O3. The van der Waals surface area contributed by atoms with Crippen molar-refractivity contribution >= 4 is 11.6 Å². The van der Waals surface area contributed by atoms with Crippen molar-refractivity contribution in [1.29, 1.82) is 0 Å². The molecule has 21 heavy (non-hydrogen) atoms. The van der Waals surface area contributed by atoms with E-state index in [9.17, 15) is 4.79 Å². The third kappa shape index (κ3) is 3.67. The first-order valence-electron chi connectivity index (χ1n) is 7.42. The fraction of sp³-hybridized carbons (Fsp3) is 0.562.